The van der Waals surface area contributed by atoms with E-state index in [9.17, 15) is 9.18 Å². The van der Waals surface area contributed by atoms with Gasteiger partial charge in [0.2, 0.25) is 6.29 Å². The molecule has 1 aromatic carbocycles. The number of allylic oxidation sites excluding steroid dienone is 1. The summed E-state index contributed by atoms with van der Waals surface area (Å²) >= 11 is 0. The summed E-state index contributed by atoms with van der Waals surface area (Å²) < 4.78 is 28.7. The highest BCUT2D eigenvalue weighted by molar-refractivity contribution is 5.71. The van der Waals surface area contributed by atoms with E-state index in [0.29, 0.717) is 17.7 Å². The summed E-state index contributed by atoms with van der Waals surface area (Å²) in [6, 6.07) is 4.04. The first-order chi connectivity index (χ1) is 9.96. The third-order valence-electron chi connectivity index (χ3n) is 2.55. The van der Waals surface area contributed by atoms with Gasteiger partial charge in [-0.15, -0.1) is 0 Å². The predicted molar refractivity (Wildman–Crippen MR) is 75.0 cm³/mol. The molecule has 6 heteroatoms. The molecule has 0 aromatic heterocycles. The lowest BCUT2D eigenvalue weighted by atomic mass is 10.1. The highest BCUT2D eigenvalue weighted by atomic mass is 19.1. The molecule has 0 saturated carbocycles. The fraction of sp³-hybridized carbons (Fsp3) is 0.400. The van der Waals surface area contributed by atoms with Crippen molar-refractivity contribution in [2.75, 3.05) is 7.11 Å². The lowest BCUT2D eigenvalue weighted by Gasteiger charge is -2.18. The Morgan fingerprint density at radius 1 is 1.48 bits per heavy atom. The molecule has 21 heavy (non-hydrogen) atoms. The minimum absolute atomic E-state index is 0.209. The molecular weight excluding hydrogens is 279 g/mol. The van der Waals surface area contributed by atoms with E-state index in [0.717, 1.165) is 0 Å². The molecule has 1 N–H and O–H groups in total. The number of methoxy groups -OCH3 is 1. The van der Waals surface area contributed by atoms with Crippen LogP contribution in [0.1, 0.15) is 25.8 Å². The molecule has 1 atom stereocenters. The third-order valence-corrected chi connectivity index (χ3v) is 2.55. The molecule has 0 fully saturated rings. The summed E-state index contributed by atoms with van der Waals surface area (Å²) in [6.07, 6.45) is 0.678. The van der Waals surface area contributed by atoms with Crippen LogP contribution in [0.5, 0.6) is 11.5 Å². The molecule has 116 valence electrons. The number of hydrogen-bond donors (Lipinski definition) is 1. The molecule has 0 aliphatic heterocycles. The van der Waals surface area contributed by atoms with Gasteiger partial charge in [-0.1, -0.05) is 13.0 Å². The zero-order valence-electron chi connectivity index (χ0n) is 12.3. The van der Waals surface area contributed by atoms with Crippen molar-refractivity contribution in [3.8, 4) is 11.5 Å². The maximum atomic E-state index is 13.3. The quantitative estimate of drug-likeness (QED) is 0.589. The van der Waals surface area contributed by atoms with E-state index in [4.69, 9.17) is 19.3 Å². The summed E-state index contributed by atoms with van der Waals surface area (Å²) in [6.45, 7) is 3.30. The van der Waals surface area contributed by atoms with Crippen molar-refractivity contribution in [3.05, 3.63) is 35.9 Å². The van der Waals surface area contributed by atoms with E-state index in [-0.39, 0.29) is 12.2 Å². The highest BCUT2D eigenvalue weighted by Crippen LogP contribution is 2.27. The second-order valence-electron chi connectivity index (χ2n) is 4.26. The Labute approximate surface area is 122 Å². The number of carboxylic acids is 1. The van der Waals surface area contributed by atoms with Gasteiger partial charge in [0.15, 0.2) is 0 Å². The molecule has 0 saturated heterocycles. The topological polar surface area (TPSA) is 65.0 Å². The summed E-state index contributed by atoms with van der Waals surface area (Å²) in [4.78, 5) is 10.8. The van der Waals surface area contributed by atoms with Crippen LogP contribution < -0.4 is 9.47 Å². The maximum Gasteiger partial charge on any atom is 0.307 e. The number of hydrogen-bond acceptors (Lipinski definition) is 4. The molecule has 1 rings (SSSR count). The Morgan fingerprint density at radius 3 is 2.76 bits per heavy atom. The van der Waals surface area contributed by atoms with E-state index in [1.165, 1.54) is 20.1 Å². The van der Waals surface area contributed by atoms with Gasteiger partial charge in [-0.2, -0.15) is 4.39 Å². The number of aliphatic carboxylic acids is 1. The Morgan fingerprint density at radius 2 is 2.19 bits per heavy atom. The summed E-state index contributed by atoms with van der Waals surface area (Å²) in [5, 5.41) is 8.88. The molecule has 5 nitrogen and oxygen atoms in total. The smallest absolute Gasteiger partial charge is 0.307 e. The number of ether oxygens (including phenoxy) is 3. The van der Waals surface area contributed by atoms with Crippen LogP contribution >= 0.6 is 0 Å². The molecule has 0 spiro atoms. The molecular formula is C15H19FO5. The molecule has 1 unspecified atom stereocenters. The van der Waals surface area contributed by atoms with E-state index < -0.39 is 18.3 Å². The largest absolute Gasteiger partial charge is 0.497 e. The first-order valence-electron chi connectivity index (χ1n) is 6.54. The first-order valence-corrected chi connectivity index (χ1v) is 6.54. The third kappa shape index (κ3) is 5.72. The highest BCUT2D eigenvalue weighted by Gasteiger charge is 2.14. The zero-order chi connectivity index (χ0) is 15.8. The van der Waals surface area contributed by atoms with Gasteiger partial charge in [0.1, 0.15) is 11.5 Å². The standard InChI is InChI=1S/C15H19FO5/c1-4-5-14(16)21-10(2)20-13-9-12(19-3)7-6-11(13)8-15(17)18/h5-7,9-10H,4,8H2,1-3H3,(H,17,18)/b14-5-. The van der Waals surface area contributed by atoms with E-state index >= 15 is 0 Å². The Hall–Kier alpha value is -2.24. The second kappa shape index (κ2) is 8.14. The van der Waals surface area contributed by atoms with Crippen molar-refractivity contribution in [2.24, 2.45) is 0 Å². The number of rotatable bonds is 8. The molecule has 0 aliphatic carbocycles. The average molecular weight is 298 g/mol. The first kappa shape index (κ1) is 16.8. The number of benzene rings is 1. The molecule has 0 radical (unpaired) electrons. The van der Waals surface area contributed by atoms with E-state index in [1.54, 1.807) is 25.1 Å². The van der Waals surface area contributed by atoms with Gasteiger partial charge in [-0.3, -0.25) is 4.79 Å². The van der Waals surface area contributed by atoms with E-state index in [1.807, 2.05) is 0 Å². The summed E-state index contributed by atoms with van der Waals surface area (Å²) in [5.74, 6) is -0.194. The fourth-order valence-electron chi connectivity index (χ4n) is 1.65. The Bertz CT molecular complexity index is 513. The van der Waals surface area contributed by atoms with Gasteiger partial charge < -0.3 is 19.3 Å². The lowest BCUT2D eigenvalue weighted by molar-refractivity contribution is -0.136. The number of carbonyl (C=O) groups is 1. The van der Waals surface area contributed by atoms with Crippen molar-refractivity contribution in [3.63, 3.8) is 0 Å². The van der Waals surface area contributed by atoms with Crippen LogP contribution in [-0.2, 0) is 16.0 Å². The monoisotopic (exact) mass is 298 g/mol. The molecule has 1 aromatic rings. The lowest BCUT2D eigenvalue weighted by Crippen LogP contribution is -2.16. The Balaban J connectivity index is 2.88. The van der Waals surface area contributed by atoms with Gasteiger partial charge in [-0.25, -0.2) is 0 Å². The van der Waals surface area contributed by atoms with Crippen LogP contribution in [0.4, 0.5) is 4.39 Å². The van der Waals surface area contributed by atoms with Crippen LogP contribution in [0, 0.1) is 0 Å². The Kier molecular flexibility index (Phi) is 6.52. The predicted octanol–water partition coefficient (Wildman–Crippen LogP) is 3.28. The normalized spacial score (nSPS) is 12.7. The van der Waals surface area contributed by atoms with Crippen LogP contribution in [0.3, 0.4) is 0 Å². The molecule has 0 heterocycles. The van der Waals surface area contributed by atoms with Crippen LogP contribution in [0.2, 0.25) is 0 Å². The van der Waals surface area contributed by atoms with Crippen molar-refractivity contribution < 1.29 is 28.5 Å². The summed E-state index contributed by atoms with van der Waals surface area (Å²) in [5.41, 5.74) is 0.457. The van der Waals surface area contributed by atoms with Gasteiger partial charge >= 0.3 is 5.97 Å². The molecule has 0 amide bonds. The SMILES string of the molecule is CC/C=C(/F)OC(C)Oc1cc(OC)ccc1CC(=O)O. The van der Waals surface area contributed by atoms with Crippen molar-refractivity contribution in [1.82, 2.24) is 0 Å². The van der Waals surface area contributed by atoms with Crippen molar-refractivity contribution >= 4 is 5.97 Å². The number of carboxylic acid groups (broad SMARTS) is 1. The van der Waals surface area contributed by atoms with Crippen LogP contribution in [0.15, 0.2) is 30.3 Å². The summed E-state index contributed by atoms with van der Waals surface area (Å²) in [7, 11) is 1.49. The van der Waals surface area contributed by atoms with Gasteiger partial charge in [0.05, 0.1) is 13.5 Å². The minimum Gasteiger partial charge on any atom is -0.497 e. The average Bonchev–Trinajstić information content (AvgIpc) is 2.40. The van der Waals surface area contributed by atoms with Crippen molar-refractivity contribution in [2.45, 2.75) is 33.0 Å². The maximum absolute atomic E-state index is 13.3. The number of halogens is 1. The van der Waals surface area contributed by atoms with E-state index in [2.05, 4.69) is 0 Å². The van der Waals surface area contributed by atoms with Crippen LogP contribution in [0.25, 0.3) is 0 Å². The molecule has 0 bridgehead atoms. The van der Waals surface area contributed by atoms with Gasteiger partial charge in [-0.05, 0) is 18.6 Å². The van der Waals surface area contributed by atoms with Crippen LogP contribution in [-0.4, -0.2) is 24.5 Å². The van der Waals surface area contributed by atoms with Gasteiger partial charge in [0, 0.05) is 18.6 Å². The zero-order valence-corrected chi connectivity index (χ0v) is 12.3. The van der Waals surface area contributed by atoms with Gasteiger partial charge in [0.25, 0.3) is 6.01 Å². The minimum atomic E-state index is -0.990. The van der Waals surface area contributed by atoms with Crippen molar-refractivity contribution in [1.29, 1.82) is 0 Å². The molecule has 0 aliphatic rings. The second-order valence-corrected chi connectivity index (χ2v) is 4.26. The fourth-order valence-corrected chi connectivity index (χ4v) is 1.65.